The second-order valence-electron chi connectivity index (χ2n) is 7.07. The highest BCUT2D eigenvalue weighted by Crippen LogP contribution is 2.36. The van der Waals surface area contributed by atoms with Crippen LogP contribution in [0, 0.1) is 6.92 Å². The lowest BCUT2D eigenvalue weighted by atomic mass is 9.95. The molecule has 2 aromatic rings. The third-order valence-electron chi connectivity index (χ3n) is 5.16. The standard InChI is InChI=1S/C24H25NO/c1-15(2)18-5-7-19(8-6-18)21-10-9-20(14-21)17(4)23-12-11-22(24(25)26)13-16(23)3/h5-8,11-14H,1,9-10H2,2-4H3,(H2,25,26)/b20-17+. The van der Waals surface area contributed by atoms with Crippen LogP contribution in [0.2, 0.25) is 0 Å². The van der Waals surface area contributed by atoms with Crippen molar-refractivity contribution in [3.63, 3.8) is 0 Å². The maximum absolute atomic E-state index is 11.4. The monoisotopic (exact) mass is 343 g/mol. The largest absolute Gasteiger partial charge is 0.366 e. The molecule has 1 aliphatic carbocycles. The van der Waals surface area contributed by atoms with Crippen LogP contribution in [0.25, 0.3) is 16.7 Å². The Bertz CT molecular complexity index is 943. The fourth-order valence-corrected chi connectivity index (χ4v) is 3.53. The molecule has 0 heterocycles. The molecule has 26 heavy (non-hydrogen) atoms. The zero-order chi connectivity index (χ0) is 18.8. The number of nitrogens with two attached hydrogens (primary N) is 1. The topological polar surface area (TPSA) is 43.1 Å². The van der Waals surface area contributed by atoms with E-state index < -0.39 is 0 Å². The zero-order valence-electron chi connectivity index (χ0n) is 15.7. The number of allylic oxidation sites excluding steroid dienone is 5. The smallest absolute Gasteiger partial charge is 0.248 e. The molecule has 0 bridgehead atoms. The summed E-state index contributed by atoms with van der Waals surface area (Å²) in [7, 11) is 0. The van der Waals surface area contributed by atoms with E-state index in [-0.39, 0.29) is 5.91 Å². The number of benzene rings is 2. The van der Waals surface area contributed by atoms with E-state index >= 15 is 0 Å². The van der Waals surface area contributed by atoms with Gasteiger partial charge in [0.05, 0.1) is 0 Å². The molecule has 0 radical (unpaired) electrons. The molecule has 132 valence electrons. The zero-order valence-corrected chi connectivity index (χ0v) is 15.7. The molecule has 2 aromatic carbocycles. The van der Waals surface area contributed by atoms with Gasteiger partial charge in [0.2, 0.25) is 5.91 Å². The van der Waals surface area contributed by atoms with Gasteiger partial charge < -0.3 is 5.73 Å². The van der Waals surface area contributed by atoms with Crippen molar-refractivity contribution in [2.75, 3.05) is 0 Å². The van der Waals surface area contributed by atoms with Crippen molar-refractivity contribution in [2.45, 2.75) is 33.6 Å². The Kier molecular flexibility index (Phi) is 4.94. The van der Waals surface area contributed by atoms with Gasteiger partial charge in [0.15, 0.2) is 0 Å². The molecular formula is C24H25NO. The van der Waals surface area contributed by atoms with Crippen LogP contribution < -0.4 is 5.73 Å². The lowest BCUT2D eigenvalue weighted by Gasteiger charge is -2.10. The van der Waals surface area contributed by atoms with E-state index in [0.717, 1.165) is 24.0 Å². The van der Waals surface area contributed by atoms with Crippen molar-refractivity contribution in [2.24, 2.45) is 5.73 Å². The number of carbonyl (C=O) groups excluding carboxylic acids is 1. The second-order valence-corrected chi connectivity index (χ2v) is 7.07. The molecule has 1 aliphatic rings. The summed E-state index contributed by atoms with van der Waals surface area (Å²) >= 11 is 0. The van der Waals surface area contributed by atoms with E-state index in [4.69, 9.17) is 5.73 Å². The first-order valence-corrected chi connectivity index (χ1v) is 8.94. The molecule has 0 fully saturated rings. The summed E-state index contributed by atoms with van der Waals surface area (Å²) in [6.07, 6.45) is 4.41. The van der Waals surface area contributed by atoms with E-state index in [9.17, 15) is 4.79 Å². The average molecular weight is 343 g/mol. The van der Waals surface area contributed by atoms with Crippen molar-refractivity contribution >= 4 is 22.6 Å². The van der Waals surface area contributed by atoms with E-state index in [1.807, 2.05) is 32.0 Å². The van der Waals surface area contributed by atoms with Gasteiger partial charge in [-0.2, -0.15) is 0 Å². The van der Waals surface area contributed by atoms with Crippen LogP contribution in [0.4, 0.5) is 0 Å². The number of primary amides is 1. The van der Waals surface area contributed by atoms with Crippen LogP contribution in [0.5, 0.6) is 0 Å². The van der Waals surface area contributed by atoms with Crippen LogP contribution in [0.15, 0.2) is 60.7 Å². The lowest BCUT2D eigenvalue weighted by Crippen LogP contribution is -2.11. The van der Waals surface area contributed by atoms with E-state index in [0.29, 0.717) is 5.56 Å². The van der Waals surface area contributed by atoms with E-state index in [1.165, 1.54) is 33.4 Å². The Balaban J connectivity index is 1.92. The lowest BCUT2D eigenvalue weighted by molar-refractivity contribution is 0.1000. The molecule has 1 amide bonds. The van der Waals surface area contributed by atoms with Gasteiger partial charge in [0.1, 0.15) is 0 Å². The van der Waals surface area contributed by atoms with Crippen LogP contribution >= 0.6 is 0 Å². The van der Waals surface area contributed by atoms with Gasteiger partial charge in [-0.15, -0.1) is 0 Å². The SMILES string of the molecule is C=C(C)c1ccc(C2=C/C(=C(\C)c3ccc(C(N)=O)cc3C)CC2)cc1. The van der Waals surface area contributed by atoms with Crippen molar-refractivity contribution in [1.82, 2.24) is 0 Å². The number of carbonyl (C=O) groups is 1. The van der Waals surface area contributed by atoms with Crippen molar-refractivity contribution in [1.29, 1.82) is 0 Å². The number of aryl methyl sites for hydroxylation is 1. The number of hydrogen-bond donors (Lipinski definition) is 1. The Labute approximate surface area is 155 Å². The predicted octanol–water partition coefficient (Wildman–Crippen LogP) is 5.78. The highest BCUT2D eigenvalue weighted by atomic mass is 16.1. The third kappa shape index (κ3) is 3.55. The molecule has 0 spiro atoms. The van der Waals surface area contributed by atoms with Crippen LogP contribution in [-0.2, 0) is 0 Å². The Morgan fingerprint density at radius 1 is 1.00 bits per heavy atom. The maximum atomic E-state index is 11.4. The Morgan fingerprint density at radius 3 is 2.23 bits per heavy atom. The number of hydrogen-bond acceptors (Lipinski definition) is 1. The summed E-state index contributed by atoms with van der Waals surface area (Å²) in [5.41, 5.74) is 15.8. The predicted molar refractivity (Wildman–Crippen MR) is 111 cm³/mol. The third-order valence-corrected chi connectivity index (χ3v) is 5.16. The Morgan fingerprint density at radius 2 is 1.65 bits per heavy atom. The fraction of sp³-hybridized carbons (Fsp3) is 0.208. The van der Waals surface area contributed by atoms with Gasteiger partial charge in [-0.3, -0.25) is 4.79 Å². The molecule has 0 unspecified atom stereocenters. The molecule has 0 aliphatic heterocycles. The molecule has 2 nitrogen and oxygen atoms in total. The molecule has 3 rings (SSSR count). The first-order chi connectivity index (χ1) is 12.4. The Hall–Kier alpha value is -2.87. The van der Waals surface area contributed by atoms with Gasteiger partial charge in [0, 0.05) is 5.56 Å². The summed E-state index contributed by atoms with van der Waals surface area (Å²) in [4.78, 5) is 11.4. The normalized spacial score (nSPS) is 15.6. The van der Waals surface area contributed by atoms with E-state index in [2.05, 4.69) is 43.8 Å². The van der Waals surface area contributed by atoms with Crippen molar-refractivity contribution in [3.8, 4) is 0 Å². The first-order valence-electron chi connectivity index (χ1n) is 8.94. The van der Waals surface area contributed by atoms with Crippen molar-refractivity contribution in [3.05, 3.63) is 88.5 Å². The van der Waals surface area contributed by atoms with Gasteiger partial charge in [0.25, 0.3) is 0 Å². The summed E-state index contributed by atoms with van der Waals surface area (Å²) in [6, 6.07) is 14.3. The molecule has 0 saturated carbocycles. The van der Waals surface area contributed by atoms with Crippen LogP contribution in [0.1, 0.15) is 59.3 Å². The molecular weight excluding hydrogens is 318 g/mol. The van der Waals surface area contributed by atoms with Crippen LogP contribution in [0.3, 0.4) is 0 Å². The van der Waals surface area contributed by atoms with Gasteiger partial charge in [-0.05, 0) is 84.7 Å². The minimum atomic E-state index is -0.383. The highest BCUT2D eigenvalue weighted by molar-refractivity contribution is 5.93. The summed E-state index contributed by atoms with van der Waals surface area (Å²) in [5.74, 6) is -0.383. The van der Waals surface area contributed by atoms with E-state index in [1.54, 1.807) is 0 Å². The summed E-state index contributed by atoms with van der Waals surface area (Å²) < 4.78 is 0. The highest BCUT2D eigenvalue weighted by Gasteiger charge is 2.15. The van der Waals surface area contributed by atoms with Gasteiger partial charge in [-0.1, -0.05) is 48.6 Å². The molecule has 2 N–H and O–H groups in total. The minimum Gasteiger partial charge on any atom is -0.366 e. The molecule has 0 aromatic heterocycles. The molecule has 0 saturated heterocycles. The summed E-state index contributed by atoms with van der Waals surface area (Å²) in [6.45, 7) is 10.2. The average Bonchev–Trinajstić information content (AvgIpc) is 3.11. The molecule has 2 heteroatoms. The summed E-state index contributed by atoms with van der Waals surface area (Å²) in [5, 5.41) is 0. The maximum Gasteiger partial charge on any atom is 0.248 e. The van der Waals surface area contributed by atoms with Gasteiger partial charge >= 0.3 is 0 Å². The van der Waals surface area contributed by atoms with Gasteiger partial charge in [-0.25, -0.2) is 0 Å². The molecule has 0 atom stereocenters. The van der Waals surface area contributed by atoms with Crippen molar-refractivity contribution < 1.29 is 4.79 Å². The first kappa shape index (κ1) is 17.9. The quantitative estimate of drug-likeness (QED) is 0.751. The number of amides is 1. The van der Waals surface area contributed by atoms with Crippen LogP contribution in [-0.4, -0.2) is 5.91 Å². The fourth-order valence-electron chi connectivity index (χ4n) is 3.53. The number of rotatable bonds is 4. The second kappa shape index (κ2) is 7.17. The minimum absolute atomic E-state index is 0.383.